The first-order valence-corrected chi connectivity index (χ1v) is 15.2. The molecule has 1 heterocycles. The number of aromatic nitrogens is 2. The summed E-state index contributed by atoms with van der Waals surface area (Å²) in [5.41, 5.74) is 6.63. The number of rotatable bonds is 17. The Balaban J connectivity index is 2.09. The van der Waals surface area contributed by atoms with Crippen LogP contribution in [0.3, 0.4) is 0 Å². The number of hydrogen-bond acceptors (Lipinski definition) is 10. The van der Waals surface area contributed by atoms with Crippen molar-refractivity contribution in [3.05, 3.63) is 35.9 Å². The molecule has 0 spiro atoms. The lowest BCUT2D eigenvalue weighted by Gasteiger charge is -2.31. The second-order valence-corrected chi connectivity index (χ2v) is 11.9. The number of carbonyl (C=O) groups excluding carboxylic acids is 2. The number of hydrogen-bond donors (Lipinski definition) is 4. The van der Waals surface area contributed by atoms with Crippen LogP contribution < -0.4 is 16.4 Å². The zero-order chi connectivity index (χ0) is 27.2. The predicted molar refractivity (Wildman–Crippen MR) is 151 cm³/mol. The molecule has 0 aliphatic heterocycles. The number of thioether (sulfide) groups is 2. The van der Waals surface area contributed by atoms with E-state index in [0.29, 0.717) is 34.7 Å². The van der Waals surface area contributed by atoms with Crippen molar-refractivity contribution >= 4 is 57.8 Å². The number of amides is 2. The topological polar surface area (TPSA) is 151 Å². The van der Waals surface area contributed by atoms with Crippen molar-refractivity contribution < 1.29 is 19.5 Å². The molecule has 2 aromatic rings. The van der Waals surface area contributed by atoms with Gasteiger partial charge >= 0.3 is 5.97 Å². The van der Waals surface area contributed by atoms with Crippen LogP contribution in [0.1, 0.15) is 32.3 Å². The summed E-state index contributed by atoms with van der Waals surface area (Å²) in [4.78, 5) is 39.2. The summed E-state index contributed by atoms with van der Waals surface area (Å²) < 4.78 is 0.629. The number of anilines is 1. The van der Waals surface area contributed by atoms with Crippen LogP contribution in [0.15, 0.2) is 34.7 Å². The van der Waals surface area contributed by atoms with Gasteiger partial charge in [0.25, 0.3) is 0 Å². The average molecular weight is 569 g/mol. The number of carbonyl (C=O) groups is 3. The molecule has 5 N–H and O–H groups in total. The maximum Gasteiger partial charge on any atom is 0.326 e. The van der Waals surface area contributed by atoms with Crippen LogP contribution >= 0.6 is 34.9 Å². The van der Waals surface area contributed by atoms with Gasteiger partial charge in [-0.05, 0) is 29.9 Å². The number of aliphatic carboxylic acids is 1. The highest BCUT2D eigenvalue weighted by molar-refractivity contribution is 8.01. The fraction of sp³-hybridized carbons (Fsp3) is 0.542. The van der Waals surface area contributed by atoms with E-state index in [2.05, 4.69) is 34.7 Å². The lowest BCUT2D eigenvalue weighted by molar-refractivity contribution is -0.142. The van der Waals surface area contributed by atoms with Gasteiger partial charge in [0, 0.05) is 19.1 Å². The Morgan fingerprint density at radius 1 is 1.16 bits per heavy atom. The fourth-order valence-electron chi connectivity index (χ4n) is 3.55. The molecule has 10 nitrogen and oxygen atoms in total. The maximum atomic E-state index is 12.9. The Bertz CT molecular complexity index is 994. The number of benzene rings is 1. The summed E-state index contributed by atoms with van der Waals surface area (Å²) in [6, 6.07) is 8.60. The lowest BCUT2D eigenvalue weighted by atomic mass is 9.98. The van der Waals surface area contributed by atoms with Gasteiger partial charge in [-0.1, -0.05) is 73.7 Å². The smallest absolute Gasteiger partial charge is 0.326 e. The molecular formula is C24H36N6O4S3. The second-order valence-electron chi connectivity index (χ2n) is 8.65. The van der Waals surface area contributed by atoms with Gasteiger partial charge in [0.05, 0.1) is 12.3 Å². The molecular weight excluding hydrogens is 533 g/mol. The minimum Gasteiger partial charge on any atom is -0.480 e. The van der Waals surface area contributed by atoms with E-state index in [1.165, 1.54) is 34.9 Å². The van der Waals surface area contributed by atoms with Gasteiger partial charge in [-0.15, -0.1) is 10.2 Å². The van der Waals surface area contributed by atoms with Gasteiger partial charge < -0.3 is 21.5 Å². The normalized spacial score (nSPS) is 13.6. The molecule has 1 aromatic heterocycles. The molecule has 0 aliphatic carbocycles. The molecule has 0 saturated heterocycles. The molecule has 0 fully saturated rings. The highest BCUT2D eigenvalue weighted by Crippen LogP contribution is 2.23. The molecule has 3 atom stereocenters. The van der Waals surface area contributed by atoms with Crippen molar-refractivity contribution in [2.75, 3.05) is 36.6 Å². The van der Waals surface area contributed by atoms with Crippen molar-refractivity contribution in [3.63, 3.8) is 0 Å². The Hall–Kier alpha value is -2.35. The molecule has 0 radical (unpaired) electrons. The van der Waals surface area contributed by atoms with Crippen LogP contribution in [-0.4, -0.2) is 80.9 Å². The van der Waals surface area contributed by atoms with Crippen LogP contribution in [0.2, 0.25) is 0 Å². The van der Waals surface area contributed by atoms with E-state index in [1.807, 2.05) is 41.5 Å². The highest BCUT2D eigenvalue weighted by atomic mass is 32.2. The highest BCUT2D eigenvalue weighted by Gasteiger charge is 2.25. The van der Waals surface area contributed by atoms with E-state index in [-0.39, 0.29) is 36.1 Å². The summed E-state index contributed by atoms with van der Waals surface area (Å²) in [7, 11) is 0. The van der Waals surface area contributed by atoms with Crippen LogP contribution in [-0.2, 0) is 20.9 Å². The first-order chi connectivity index (χ1) is 17.7. The van der Waals surface area contributed by atoms with Crippen LogP contribution in [0.4, 0.5) is 5.13 Å². The Morgan fingerprint density at radius 3 is 2.49 bits per heavy atom. The van der Waals surface area contributed by atoms with Crippen molar-refractivity contribution in [1.29, 1.82) is 0 Å². The fourth-order valence-corrected chi connectivity index (χ4v) is 5.47. The molecule has 1 unspecified atom stereocenters. The molecule has 0 saturated carbocycles. The third kappa shape index (κ3) is 11.7. The van der Waals surface area contributed by atoms with Crippen LogP contribution in [0, 0.1) is 5.92 Å². The average Bonchev–Trinajstić information content (AvgIpc) is 3.29. The van der Waals surface area contributed by atoms with Gasteiger partial charge in [-0.3, -0.25) is 14.5 Å². The SMILES string of the molecule is CCC(C)[C@@H](CN(CC(=O)N[C@@H](CCSC)C(=O)O)Cc1ccccc1)NC(=O)CSc1nnc(N)s1. The van der Waals surface area contributed by atoms with E-state index in [0.717, 1.165) is 12.0 Å². The van der Waals surface area contributed by atoms with Crippen LogP contribution in [0.5, 0.6) is 0 Å². The van der Waals surface area contributed by atoms with E-state index in [1.54, 1.807) is 0 Å². The first-order valence-electron chi connectivity index (χ1n) is 12.0. The molecule has 13 heteroatoms. The minimum atomic E-state index is -1.04. The largest absolute Gasteiger partial charge is 0.480 e. The minimum absolute atomic E-state index is 0.0135. The van der Waals surface area contributed by atoms with Crippen molar-refractivity contribution in [2.24, 2.45) is 5.92 Å². The number of nitrogens with two attached hydrogens (primary N) is 1. The predicted octanol–water partition coefficient (Wildman–Crippen LogP) is 2.57. The summed E-state index contributed by atoms with van der Waals surface area (Å²) in [5.74, 6) is -0.581. The summed E-state index contributed by atoms with van der Waals surface area (Å²) in [5, 5.41) is 23.3. The first kappa shape index (κ1) is 30.9. The van der Waals surface area contributed by atoms with Gasteiger partial charge in [-0.2, -0.15) is 11.8 Å². The van der Waals surface area contributed by atoms with Gasteiger partial charge in [0.1, 0.15) is 6.04 Å². The molecule has 37 heavy (non-hydrogen) atoms. The third-order valence-corrected chi connectivity index (χ3v) is 8.27. The monoisotopic (exact) mass is 568 g/mol. The quantitative estimate of drug-likeness (QED) is 0.210. The molecule has 0 bridgehead atoms. The Labute approximate surface area is 230 Å². The standard InChI is InChI=1S/C24H36N6O4S3/c1-4-16(2)19(27-21(32)15-36-24-29-28-23(25)37-24)13-30(12-17-8-6-5-7-9-17)14-20(31)26-18(22(33)34)10-11-35-3/h5-9,16,18-19H,4,10-15H2,1-3H3,(H2,25,28)(H,26,31)(H,27,32)(H,33,34)/t16?,18-,19+/m0/s1. The van der Waals surface area contributed by atoms with Gasteiger partial charge in [0.2, 0.25) is 16.9 Å². The van der Waals surface area contributed by atoms with Crippen molar-refractivity contribution in [3.8, 4) is 0 Å². The molecule has 2 rings (SSSR count). The maximum absolute atomic E-state index is 12.9. The van der Waals surface area contributed by atoms with Gasteiger partial charge in [0.15, 0.2) is 4.34 Å². The van der Waals surface area contributed by atoms with E-state index >= 15 is 0 Å². The van der Waals surface area contributed by atoms with Crippen molar-refractivity contribution in [1.82, 2.24) is 25.7 Å². The number of carboxylic acids is 1. The number of nitrogen functional groups attached to an aromatic ring is 1. The number of nitrogens with one attached hydrogen (secondary N) is 2. The summed E-state index contributed by atoms with van der Waals surface area (Å²) in [6.45, 7) is 5.05. The second kappa shape index (κ2) is 16.5. The third-order valence-electron chi connectivity index (χ3n) is 5.74. The van der Waals surface area contributed by atoms with E-state index in [4.69, 9.17) is 5.73 Å². The van der Waals surface area contributed by atoms with Gasteiger partial charge in [-0.25, -0.2) is 4.79 Å². The zero-order valence-corrected chi connectivity index (χ0v) is 23.8. The Kier molecular flexibility index (Phi) is 13.8. The number of nitrogens with zero attached hydrogens (tertiary/aromatic N) is 3. The number of carboxylic acid groups (broad SMARTS) is 1. The molecule has 204 valence electrons. The summed E-state index contributed by atoms with van der Waals surface area (Å²) in [6.07, 6.45) is 3.09. The molecule has 0 aliphatic rings. The van der Waals surface area contributed by atoms with Crippen molar-refractivity contribution in [2.45, 2.75) is 49.7 Å². The zero-order valence-electron chi connectivity index (χ0n) is 21.4. The van der Waals surface area contributed by atoms with E-state index in [9.17, 15) is 19.5 Å². The Morgan fingerprint density at radius 2 is 1.89 bits per heavy atom. The van der Waals surface area contributed by atoms with Crippen LogP contribution in [0.25, 0.3) is 0 Å². The summed E-state index contributed by atoms with van der Waals surface area (Å²) >= 11 is 4.04. The molecule has 1 aromatic carbocycles. The lowest BCUT2D eigenvalue weighted by Crippen LogP contribution is -2.51. The molecule has 2 amide bonds. The van der Waals surface area contributed by atoms with E-state index < -0.39 is 12.0 Å².